The van der Waals surface area contributed by atoms with Gasteiger partial charge in [0.05, 0.1) is 6.26 Å². The average Bonchev–Trinajstić information content (AvgIpc) is 3.26. The fourth-order valence-corrected chi connectivity index (χ4v) is 2.30. The molecule has 3 rings (SSSR count). The molecule has 0 unspecified atom stereocenters. The summed E-state index contributed by atoms with van der Waals surface area (Å²) in [6.45, 7) is 0.459. The van der Waals surface area contributed by atoms with Gasteiger partial charge in [0.25, 0.3) is 11.8 Å². The molecule has 3 aromatic rings. The van der Waals surface area contributed by atoms with Crippen molar-refractivity contribution in [1.29, 1.82) is 0 Å². The monoisotopic (exact) mass is 380 g/mol. The van der Waals surface area contributed by atoms with Crippen molar-refractivity contribution in [3.05, 3.63) is 78.8 Å². The quantitative estimate of drug-likeness (QED) is 0.557. The lowest BCUT2D eigenvalue weighted by atomic mass is 10.3. The summed E-state index contributed by atoms with van der Waals surface area (Å²) in [6.07, 6.45) is 1.42. The molecule has 0 saturated carbocycles. The maximum absolute atomic E-state index is 11.8. The summed E-state index contributed by atoms with van der Waals surface area (Å²) < 4.78 is 16.1. The molecule has 7 heteroatoms. The highest BCUT2D eigenvalue weighted by Crippen LogP contribution is 2.23. The van der Waals surface area contributed by atoms with Crippen LogP contribution in [0.1, 0.15) is 10.6 Å². The van der Waals surface area contributed by atoms with Crippen LogP contribution >= 0.6 is 0 Å². The number of para-hydroxylation sites is 1. The standard InChI is InChI=1S/C21H20N2O5/c24-20(22-12-13-23-21(25)19-7-4-14-26-19)15-27-16-8-10-18(11-9-16)28-17-5-2-1-3-6-17/h1-11,14H,12-13,15H2,(H,22,24)(H,23,25). The molecule has 0 saturated heterocycles. The Morgan fingerprint density at radius 2 is 1.46 bits per heavy atom. The number of benzene rings is 2. The smallest absolute Gasteiger partial charge is 0.287 e. The van der Waals surface area contributed by atoms with E-state index in [9.17, 15) is 9.59 Å². The molecule has 7 nitrogen and oxygen atoms in total. The summed E-state index contributed by atoms with van der Waals surface area (Å²) in [4.78, 5) is 23.5. The van der Waals surface area contributed by atoms with Crippen LogP contribution in [0.5, 0.6) is 17.2 Å². The van der Waals surface area contributed by atoms with Gasteiger partial charge in [-0.25, -0.2) is 0 Å². The second-order valence-corrected chi connectivity index (χ2v) is 5.76. The predicted molar refractivity (Wildman–Crippen MR) is 103 cm³/mol. The van der Waals surface area contributed by atoms with E-state index in [-0.39, 0.29) is 30.7 Å². The predicted octanol–water partition coefficient (Wildman–Crippen LogP) is 3.00. The Balaban J connectivity index is 1.33. The summed E-state index contributed by atoms with van der Waals surface area (Å²) in [7, 11) is 0. The molecule has 2 N–H and O–H groups in total. The van der Waals surface area contributed by atoms with Gasteiger partial charge in [-0.1, -0.05) is 18.2 Å². The van der Waals surface area contributed by atoms with E-state index in [0.29, 0.717) is 18.0 Å². The fraction of sp³-hybridized carbons (Fsp3) is 0.143. The van der Waals surface area contributed by atoms with Crippen LogP contribution in [0, 0.1) is 0 Å². The lowest BCUT2D eigenvalue weighted by Gasteiger charge is -2.09. The second kappa shape index (κ2) is 9.82. The topological polar surface area (TPSA) is 89.8 Å². The third kappa shape index (κ3) is 5.91. The van der Waals surface area contributed by atoms with Gasteiger partial charge in [0.2, 0.25) is 0 Å². The van der Waals surface area contributed by atoms with E-state index in [4.69, 9.17) is 13.9 Å². The average molecular weight is 380 g/mol. The van der Waals surface area contributed by atoms with Gasteiger partial charge in [-0.2, -0.15) is 0 Å². The first-order valence-electron chi connectivity index (χ1n) is 8.75. The van der Waals surface area contributed by atoms with Crippen molar-refractivity contribution in [3.63, 3.8) is 0 Å². The molecule has 2 amide bonds. The number of carbonyl (C=O) groups excluding carboxylic acids is 2. The van der Waals surface area contributed by atoms with Crippen LogP contribution < -0.4 is 20.1 Å². The van der Waals surface area contributed by atoms with Crippen LogP contribution in [0.15, 0.2) is 77.4 Å². The molecule has 0 aliphatic rings. The van der Waals surface area contributed by atoms with Gasteiger partial charge in [-0.15, -0.1) is 0 Å². The lowest BCUT2D eigenvalue weighted by molar-refractivity contribution is -0.123. The first-order valence-corrected chi connectivity index (χ1v) is 8.75. The number of amides is 2. The summed E-state index contributed by atoms with van der Waals surface area (Å²) in [5.41, 5.74) is 0. The molecule has 0 radical (unpaired) electrons. The second-order valence-electron chi connectivity index (χ2n) is 5.76. The van der Waals surface area contributed by atoms with Gasteiger partial charge in [0, 0.05) is 13.1 Å². The highest BCUT2D eigenvalue weighted by Gasteiger charge is 2.08. The summed E-state index contributed by atoms with van der Waals surface area (Å²) in [5, 5.41) is 5.30. The summed E-state index contributed by atoms with van der Waals surface area (Å²) in [6, 6.07) is 19.6. The molecule has 0 aliphatic carbocycles. The minimum atomic E-state index is -0.326. The minimum Gasteiger partial charge on any atom is -0.484 e. The van der Waals surface area contributed by atoms with Crippen molar-refractivity contribution in [2.24, 2.45) is 0 Å². The Labute approximate surface area is 162 Å². The van der Waals surface area contributed by atoms with E-state index in [0.717, 1.165) is 5.75 Å². The summed E-state index contributed by atoms with van der Waals surface area (Å²) >= 11 is 0. The van der Waals surface area contributed by atoms with Crippen molar-refractivity contribution in [2.75, 3.05) is 19.7 Å². The molecular formula is C21H20N2O5. The molecule has 0 fully saturated rings. The zero-order chi connectivity index (χ0) is 19.6. The summed E-state index contributed by atoms with van der Waals surface area (Å²) in [5.74, 6) is 1.60. The van der Waals surface area contributed by atoms with E-state index in [2.05, 4.69) is 10.6 Å². The minimum absolute atomic E-state index is 0.120. The number of carbonyl (C=O) groups is 2. The van der Waals surface area contributed by atoms with Gasteiger partial charge >= 0.3 is 0 Å². The lowest BCUT2D eigenvalue weighted by Crippen LogP contribution is -2.36. The molecule has 2 aromatic carbocycles. The normalized spacial score (nSPS) is 10.1. The van der Waals surface area contributed by atoms with E-state index < -0.39 is 0 Å². The molecule has 1 heterocycles. The molecule has 0 aliphatic heterocycles. The number of furan rings is 1. The molecule has 28 heavy (non-hydrogen) atoms. The van der Waals surface area contributed by atoms with Crippen molar-refractivity contribution in [1.82, 2.24) is 10.6 Å². The molecule has 1 aromatic heterocycles. The van der Waals surface area contributed by atoms with E-state index >= 15 is 0 Å². The number of hydrogen-bond acceptors (Lipinski definition) is 5. The number of hydrogen-bond donors (Lipinski definition) is 2. The van der Waals surface area contributed by atoms with E-state index in [1.807, 2.05) is 30.3 Å². The van der Waals surface area contributed by atoms with Gasteiger partial charge in [0.15, 0.2) is 12.4 Å². The van der Waals surface area contributed by atoms with Gasteiger partial charge in [0.1, 0.15) is 17.2 Å². The maximum atomic E-state index is 11.8. The highest BCUT2D eigenvalue weighted by atomic mass is 16.5. The van der Waals surface area contributed by atoms with Crippen LogP contribution in [-0.2, 0) is 4.79 Å². The third-order valence-corrected chi connectivity index (χ3v) is 3.65. The van der Waals surface area contributed by atoms with Gasteiger partial charge in [-0.05, 0) is 48.5 Å². The van der Waals surface area contributed by atoms with Crippen LogP contribution in [-0.4, -0.2) is 31.5 Å². The Morgan fingerprint density at radius 1 is 0.786 bits per heavy atom. The Morgan fingerprint density at radius 3 is 2.18 bits per heavy atom. The van der Waals surface area contributed by atoms with Crippen LogP contribution in [0.2, 0.25) is 0 Å². The zero-order valence-corrected chi connectivity index (χ0v) is 15.1. The number of nitrogens with one attached hydrogen (secondary N) is 2. The first kappa shape index (κ1) is 19.0. The van der Waals surface area contributed by atoms with Crippen molar-refractivity contribution in [2.45, 2.75) is 0 Å². The zero-order valence-electron chi connectivity index (χ0n) is 15.1. The van der Waals surface area contributed by atoms with Gasteiger partial charge in [-0.3, -0.25) is 9.59 Å². The first-order chi connectivity index (χ1) is 13.7. The number of rotatable bonds is 9. The molecule has 0 atom stereocenters. The SMILES string of the molecule is O=C(COc1ccc(Oc2ccccc2)cc1)NCCNC(=O)c1ccco1. The Hall–Kier alpha value is -3.74. The Kier molecular flexibility index (Phi) is 6.67. The van der Waals surface area contributed by atoms with Crippen LogP contribution in [0.25, 0.3) is 0 Å². The van der Waals surface area contributed by atoms with E-state index in [1.54, 1.807) is 36.4 Å². The molecule has 0 spiro atoms. The van der Waals surface area contributed by atoms with Gasteiger partial charge < -0.3 is 24.5 Å². The largest absolute Gasteiger partial charge is 0.484 e. The maximum Gasteiger partial charge on any atom is 0.287 e. The van der Waals surface area contributed by atoms with Crippen molar-refractivity contribution in [3.8, 4) is 17.2 Å². The van der Waals surface area contributed by atoms with Crippen LogP contribution in [0.3, 0.4) is 0 Å². The third-order valence-electron chi connectivity index (χ3n) is 3.65. The fourth-order valence-electron chi connectivity index (χ4n) is 2.30. The van der Waals surface area contributed by atoms with E-state index in [1.165, 1.54) is 6.26 Å². The van der Waals surface area contributed by atoms with Crippen molar-refractivity contribution < 1.29 is 23.5 Å². The molecule has 0 bridgehead atoms. The van der Waals surface area contributed by atoms with Crippen LogP contribution in [0.4, 0.5) is 0 Å². The van der Waals surface area contributed by atoms with Crippen molar-refractivity contribution >= 4 is 11.8 Å². The molecular weight excluding hydrogens is 360 g/mol. The molecule has 144 valence electrons. The Bertz CT molecular complexity index is 877. The highest BCUT2D eigenvalue weighted by molar-refractivity contribution is 5.91. The number of ether oxygens (including phenoxy) is 2.